The summed E-state index contributed by atoms with van der Waals surface area (Å²) in [6.45, 7) is -0.621. The van der Waals surface area contributed by atoms with E-state index in [0.29, 0.717) is 22.4 Å². The Morgan fingerprint density at radius 1 is 1.08 bits per heavy atom. The second-order valence-corrected chi connectivity index (χ2v) is 5.02. The van der Waals surface area contributed by atoms with Gasteiger partial charge in [-0.25, -0.2) is 4.79 Å². The van der Waals surface area contributed by atoms with Gasteiger partial charge in [-0.3, -0.25) is 4.79 Å². The Bertz CT molecular complexity index is 937. The van der Waals surface area contributed by atoms with Crippen LogP contribution in [0.4, 0.5) is 0 Å². The Kier molecular flexibility index (Phi) is 4.89. The monoisotopic (exact) mass is 341 g/mol. The van der Waals surface area contributed by atoms with E-state index in [0.717, 1.165) is 4.68 Å². The van der Waals surface area contributed by atoms with Crippen LogP contribution < -0.4 is 15.0 Å². The van der Waals surface area contributed by atoms with Crippen LogP contribution in [0.15, 0.2) is 53.3 Å². The Balaban J connectivity index is 1.57. The van der Waals surface area contributed by atoms with Crippen molar-refractivity contribution in [3.63, 3.8) is 0 Å². The van der Waals surface area contributed by atoms with Gasteiger partial charge in [0.25, 0.3) is 5.56 Å². The molecule has 0 fully saturated rings. The lowest BCUT2D eigenvalue weighted by Crippen LogP contribution is -2.27. The highest BCUT2D eigenvalue weighted by molar-refractivity contribution is 5.76. The molecule has 2 aromatic carbocycles. The fourth-order valence-electron chi connectivity index (χ4n) is 2.10. The van der Waals surface area contributed by atoms with Gasteiger partial charge in [-0.1, -0.05) is 17.3 Å². The average molecular weight is 341 g/mol. The minimum atomic E-state index is -0.627. The molecule has 0 aliphatic rings. The SMILES string of the molecule is COc1ccc(OCC(=O)OCn2nnc3ccccc3c2=O)cc1. The molecule has 3 aromatic rings. The summed E-state index contributed by atoms with van der Waals surface area (Å²) >= 11 is 0. The number of carbonyl (C=O) groups is 1. The lowest BCUT2D eigenvalue weighted by molar-refractivity contribution is -0.150. The lowest BCUT2D eigenvalue weighted by atomic mass is 10.2. The molecule has 3 rings (SSSR count). The van der Waals surface area contributed by atoms with Gasteiger partial charge in [0.1, 0.15) is 17.0 Å². The Labute approximate surface area is 142 Å². The molecule has 25 heavy (non-hydrogen) atoms. The van der Waals surface area contributed by atoms with Gasteiger partial charge >= 0.3 is 5.97 Å². The molecule has 0 saturated carbocycles. The number of hydrogen-bond donors (Lipinski definition) is 0. The number of aromatic nitrogens is 3. The molecule has 8 heteroatoms. The lowest BCUT2D eigenvalue weighted by Gasteiger charge is -2.08. The molecule has 0 radical (unpaired) electrons. The summed E-state index contributed by atoms with van der Waals surface area (Å²) in [6.07, 6.45) is 0. The number of hydrogen-bond acceptors (Lipinski definition) is 7. The molecule has 0 aliphatic carbocycles. The number of esters is 1. The van der Waals surface area contributed by atoms with Gasteiger partial charge in [-0.15, -0.1) is 5.10 Å². The molecule has 0 unspecified atom stereocenters. The normalized spacial score (nSPS) is 10.4. The highest BCUT2D eigenvalue weighted by Gasteiger charge is 2.09. The number of methoxy groups -OCH3 is 1. The fraction of sp³-hybridized carbons (Fsp3) is 0.176. The molecular weight excluding hydrogens is 326 g/mol. The number of carbonyl (C=O) groups excluding carboxylic acids is 1. The third-order valence-corrected chi connectivity index (χ3v) is 3.39. The molecule has 1 aromatic heterocycles. The topological polar surface area (TPSA) is 92.5 Å². The number of ether oxygens (including phenoxy) is 3. The van der Waals surface area contributed by atoms with Gasteiger partial charge in [0, 0.05) is 0 Å². The molecular formula is C17H15N3O5. The van der Waals surface area contributed by atoms with E-state index in [9.17, 15) is 9.59 Å². The van der Waals surface area contributed by atoms with Crippen molar-refractivity contribution in [1.29, 1.82) is 0 Å². The molecule has 0 bridgehead atoms. The van der Waals surface area contributed by atoms with E-state index < -0.39 is 5.97 Å². The van der Waals surface area contributed by atoms with Crippen LogP contribution >= 0.6 is 0 Å². The zero-order valence-electron chi connectivity index (χ0n) is 13.4. The summed E-state index contributed by atoms with van der Waals surface area (Å²) in [7, 11) is 1.56. The zero-order valence-corrected chi connectivity index (χ0v) is 13.4. The minimum absolute atomic E-state index is 0.290. The molecule has 0 atom stereocenters. The summed E-state index contributed by atoms with van der Waals surface area (Å²) in [6, 6.07) is 13.6. The van der Waals surface area contributed by atoms with Crippen molar-refractivity contribution in [2.24, 2.45) is 0 Å². The number of benzene rings is 2. The van der Waals surface area contributed by atoms with Crippen molar-refractivity contribution in [2.75, 3.05) is 13.7 Å². The largest absolute Gasteiger partial charge is 0.497 e. The molecule has 8 nitrogen and oxygen atoms in total. The summed E-state index contributed by atoms with van der Waals surface area (Å²) in [5, 5.41) is 8.05. The first-order valence-electron chi connectivity index (χ1n) is 7.42. The predicted octanol–water partition coefficient (Wildman–Crippen LogP) is 1.38. The van der Waals surface area contributed by atoms with Crippen molar-refractivity contribution in [1.82, 2.24) is 15.0 Å². The zero-order chi connectivity index (χ0) is 17.6. The maximum atomic E-state index is 12.2. The van der Waals surface area contributed by atoms with Crippen LogP contribution in [-0.4, -0.2) is 34.7 Å². The summed E-state index contributed by atoms with van der Waals surface area (Å²) in [5.74, 6) is 0.558. The second-order valence-electron chi connectivity index (χ2n) is 5.02. The van der Waals surface area contributed by atoms with Crippen LogP contribution in [0.1, 0.15) is 0 Å². The number of nitrogens with zero attached hydrogens (tertiary/aromatic N) is 3. The highest BCUT2D eigenvalue weighted by Crippen LogP contribution is 2.16. The third-order valence-electron chi connectivity index (χ3n) is 3.39. The minimum Gasteiger partial charge on any atom is -0.497 e. The van der Waals surface area contributed by atoms with Crippen LogP contribution in [0.5, 0.6) is 11.5 Å². The maximum absolute atomic E-state index is 12.2. The molecule has 1 heterocycles. The van der Waals surface area contributed by atoms with Crippen LogP contribution in [0.25, 0.3) is 10.9 Å². The van der Waals surface area contributed by atoms with E-state index in [1.807, 2.05) is 0 Å². The first kappa shape index (κ1) is 16.4. The van der Waals surface area contributed by atoms with Gasteiger partial charge in [0.05, 0.1) is 12.5 Å². The first-order valence-corrected chi connectivity index (χ1v) is 7.42. The van der Waals surface area contributed by atoms with Gasteiger partial charge in [-0.2, -0.15) is 4.68 Å². The van der Waals surface area contributed by atoms with Crippen LogP contribution in [0, 0.1) is 0 Å². The first-order chi connectivity index (χ1) is 12.2. The summed E-state index contributed by atoms with van der Waals surface area (Å²) in [4.78, 5) is 24.0. The van der Waals surface area contributed by atoms with Gasteiger partial charge in [0.15, 0.2) is 13.3 Å². The third kappa shape index (κ3) is 3.92. The number of rotatable bonds is 6. The molecule has 128 valence electrons. The molecule has 0 N–H and O–H groups in total. The standard InChI is InChI=1S/C17H15N3O5/c1-23-12-6-8-13(9-7-12)24-10-16(21)25-11-20-17(22)14-4-2-3-5-15(14)18-19-20/h2-9H,10-11H2,1H3. The predicted molar refractivity (Wildman–Crippen MR) is 88.4 cm³/mol. The molecule has 0 saturated heterocycles. The van der Waals surface area contributed by atoms with Crippen molar-refractivity contribution >= 4 is 16.9 Å². The van der Waals surface area contributed by atoms with E-state index in [1.165, 1.54) is 0 Å². The van der Waals surface area contributed by atoms with Crippen LogP contribution in [0.2, 0.25) is 0 Å². The fourth-order valence-corrected chi connectivity index (χ4v) is 2.10. The van der Waals surface area contributed by atoms with Gasteiger partial charge < -0.3 is 14.2 Å². The van der Waals surface area contributed by atoms with Gasteiger partial charge in [0.2, 0.25) is 0 Å². The summed E-state index contributed by atoms with van der Waals surface area (Å²) in [5.41, 5.74) is 0.104. The number of fused-ring (bicyclic) bond motifs is 1. The van der Waals surface area contributed by atoms with E-state index >= 15 is 0 Å². The van der Waals surface area contributed by atoms with Crippen molar-refractivity contribution < 1.29 is 19.0 Å². The molecule has 0 amide bonds. The van der Waals surface area contributed by atoms with Gasteiger partial charge in [-0.05, 0) is 36.4 Å². The van der Waals surface area contributed by atoms with Crippen molar-refractivity contribution in [3.05, 3.63) is 58.9 Å². The summed E-state index contributed by atoms with van der Waals surface area (Å²) < 4.78 is 16.3. The average Bonchev–Trinajstić information content (AvgIpc) is 2.66. The van der Waals surface area contributed by atoms with E-state index in [-0.39, 0.29) is 18.9 Å². The Morgan fingerprint density at radius 2 is 1.80 bits per heavy atom. The van der Waals surface area contributed by atoms with E-state index in [4.69, 9.17) is 14.2 Å². The molecule has 0 spiro atoms. The highest BCUT2D eigenvalue weighted by atomic mass is 16.6. The van der Waals surface area contributed by atoms with E-state index in [2.05, 4.69) is 10.3 Å². The van der Waals surface area contributed by atoms with Crippen molar-refractivity contribution in [2.45, 2.75) is 6.73 Å². The smallest absolute Gasteiger partial charge is 0.345 e. The van der Waals surface area contributed by atoms with Crippen molar-refractivity contribution in [3.8, 4) is 11.5 Å². The van der Waals surface area contributed by atoms with Crippen LogP contribution in [0.3, 0.4) is 0 Å². The molecule has 0 aliphatic heterocycles. The quantitative estimate of drug-likeness (QED) is 0.625. The maximum Gasteiger partial charge on any atom is 0.345 e. The van der Waals surface area contributed by atoms with Crippen LogP contribution in [-0.2, 0) is 16.3 Å². The Hall–Kier alpha value is -3.42. The van der Waals surface area contributed by atoms with E-state index in [1.54, 1.807) is 55.6 Å². The second kappa shape index (κ2) is 7.43. The Morgan fingerprint density at radius 3 is 2.56 bits per heavy atom.